The van der Waals surface area contributed by atoms with Gasteiger partial charge in [0.05, 0.1) is 21.8 Å². The number of hydrogen-bond donors (Lipinski definition) is 1. The number of nitrogens with zero attached hydrogens (tertiary/aromatic N) is 2. The highest BCUT2D eigenvalue weighted by atomic mass is 35.5. The molecule has 0 fully saturated rings. The smallest absolute Gasteiger partial charge is 0.257 e. The number of nitrogens with one attached hydrogen (secondary N) is 1. The molecule has 0 aliphatic heterocycles. The standard InChI is InChI=1S/C15H9Cl2N3O/c16-11-4-5-12(14-10(11)2-1-7-18-14)20-15(21)9-3-6-13(17)19-8-9/h1-8H,(H,20,21). The Balaban J connectivity index is 1.97. The van der Waals surface area contributed by atoms with Crippen LogP contribution in [0.5, 0.6) is 0 Å². The number of carbonyl (C=O) groups excluding carboxylic acids is 1. The molecule has 0 atom stereocenters. The predicted octanol–water partition coefficient (Wildman–Crippen LogP) is 4.19. The topological polar surface area (TPSA) is 54.9 Å². The van der Waals surface area contributed by atoms with Crippen LogP contribution >= 0.6 is 23.2 Å². The fourth-order valence-corrected chi connectivity index (χ4v) is 2.27. The Bertz CT molecular complexity index is 819. The lowest BCUT2D eigenvalue weighted by Crippen LogP contribution is -2.12. The van der Waals surface area contributed by atoms with E-state index in [0.29, 0.717) is 26.9 Å². The molecule has 3 aromatic rings. The molecule has 0 saturated carbocycles. The number of benzene rings is 1. The molecule has 2 heterocycles. The number of halogens is 2. The average Bonchev–Trinajstić information content (AvgIpc) is 2.51. The van der Waals surface area contributed by atoms with E-state index in [4.69, 9.17) is 23.2 Å². The maximum atomic E-state index is 12.2. The van der Waals surface area contributed by atoms with Gasteiger partial charge in [-0.15, -0.1) is 0 Å². The average molecular weight is 318 g/mol. The summed E-state index contributed by atoms with van der Waals surface area (Å²) in [4.78, 5) is 20.4. The van der Waals surface area contributed by atoms with Gasteiger partial charge in [-0.05, 0) is 36.4 Å². The summed E-state index contributed by atoms with van der Waals surface area (Å²) in [5, 5.41) is 4.51. The Morgan fingerprint density at radius 2 is 1.90 bits per heavy atom. The van der Waals surface area contributed by atoms with E-state index in [0.717, 1.165) is 5.39 Å². The normalized spacial score (nSPS) is 10.6. The first-order valence-electron chi connectivity index (χ1n) is 6.11. The van der Waals surface area contributed by atoms with Crippen molar-refractivity contribution in [1.82, 2.24) is 9.97 Å². The molecule has 3 rings (SSSR count). The van der Waals surface area contributed by atoms with Gasteiger partial charge < -0.3 is 5.32 Å². The van der Waals surface area contributed by atoms with Crippen molar-refractivity contribution < 1.29 is 4.79 Å². The van der Waals surface area contributed by atoms with Gasteiger partial charge in [0.25, 0.3) is 5.91 Å². The van der Waals surface area contributed by atoms with Crippen molar-refractivity contribution in [2.24, 2.45) is 0 Å². The van der Waals surface area contributed by atoms with Crippen LogP contribution in [0.15, 0.2) is 48.8 Å². The number of hydrogen-bond acceptors (Lipinski definition) is 3. The van der Waals surface area contributed by atoms with Crippen molar-refractivity contribution in [3.8, 4) is 0 Å². The molecule has 2 aromatic heterocycles. The summed E-state index contributed by atoms with van der Waals surface area (Å²) in [6.07, 6.45) is 3.07. The van der Waals surface area contributed by atoms with E-state index in [2.05, 4.69) is 15.3 Å². The van der Waals surface area contributed by atoms with Gasteiger partial charge in [-0.2, -0.15) is 0 Å². The summed E-state index contributed by atoms with van der Waals surface area (Å²) in [6.45, 7) is 0. The molecule has 1 aromatic carbocycles. The van der Waals surface area contributed by atoms with Gasteiger partial charge in [0.15, 0.2) is 0 Å². The van der Waals surface area contributed by atoms with Crippen LogP contribution < -0.4 is 5.32 Å². The first-order chi connectivity index (χ1) is 10.1. The van der Waals surface area contributed by atoms with E-state index in [1.807, 2.05) is 6.07 Å². The molecule has 21 heavy (non-hydrogen) atoms. The second kappa shape index (κ2) is 5.68. The third-order valence-corrected chi connectivity index (χ3v) is 3.51. The number of fused-ring (bicyclic) bond motifs is 1. The summed E-state index contributed by atoms with van der Waals surface area (Å²) < 4.78 is 0. The van der Waals surface area contributed by atoms with Crippen LogP contribution in [-0.4, -0.2) is 15.9 Å². The monoisotopic (exact) mass is 317 g/mol. The fraction of sp³-hybridized carbons (Fsp3) is 0. The maximum absolute atomic E-state index is 12.2. The van der Waals surface area contributed by atoms with Gasteiger partial charge in [0.1, 0.15) is 5.15 Å². The van der Waals surface area contributed by atoms with Crippen molar-refractivity contribution in [1.29, 1.82) is 0 Å². The van der Waals surface area contributed by atoms with E-state index in [9.17, 15) is 4.79 Å². The SMILES string of the molecule is O=C(Nc1ccc(Cl)c2cccnc12)c1ccc(Cl)nc1. The molecule has 104 valence electrons. The largest absolute Gasteiger partial charge is 0.320 e. The van der Waals surface area contributed by atoms with E-state index in [1.165, 1.54) is 6.20 Å². The summed E-state index contributed by atoms with van der Waals surface area (Å²) in [5.41, 5.74) is 1.65. The van der Waals surface area contributed by atoms with Crippen LogP contribution in [0.1, 0.15) is 10.4 Å². The van der Waals surface area contributed by atoms with E-state index >= 15 is 0 Å². The molecule has 1 N–H and O–H groups in total. The molecule has 0 unspecified atom stereocenters. The zero-order valence-corrected chi connectivity index (χ0v) is 12.2. The van der Waals surface area contributed by atoms with Gasteiger partial charge >= 0.3 is 0 Å². The zero-order valence-electron chi connectivity index (χ0n) is 10.7. The van der Waals surface area contributed by atoms with E-state index in [1.54, 1.807) is 36.5 Å². The molecule has 0 aliphatic rings. The number of amides is 1. The fourth-order valence-electron chi connectivity index (χ4n) is 1.94. The molecule has 0 radical (unpaired) electrons. The van der Waals surface area contributed by atoms with Gasteiger partial charge in [-0.25, -0.2) is 4.98 Å². The van der Waals surface area contributed by atoms with Crippen molar-refractivity contribution in [3.05, 3.63) is 64.5 Å². The minimum absolute atomic E-state index is 0.284. The molecule has 0 spiro atoms. The molecule has 0 bridgehead atoms. The van der Waals surface area contributed by atoms with Crippen LogP contribution in [0.2, 0.25) is 10.2 Å². The van der Waals surface area contributed by atoms with Crippen molar-refractivity contribution in [2.45, 2.75) is 0 Å². The Morgan fingerprint density at radius 3 is 2.67 bits per heavy atom. The number of aromatic nitrogens is 2. The zero-order chi connectivity index (χ0) is 14.8. The van der Waals surface area contributed by atoms with Crippen LogP contribution in [-0.2, 0) is 0 Å². The van der Waals surface area contributed by atoms with Crippen LogP contribution in [0, 0.1) is 0 Å². The molecule has 4 nitrogen and oxygen atoms in total. The number of anilines is 1. The summed E-state index contributed by atoms with van der Waals surface area (Å²) in [5.74, 6) is -0.284. The first-order valence-corrected chi connectivity index (χ1v) is 6.87. The van der Waals surface area contributed by atoms with Crippen LogP contribution in [0.4, 0.5) is 5.69 Å². The Hall–Kier alpha value is -2.17. The lowest BCUT2D eigenvalue weighted by atomic mass is 10.2. The number of carbonyl (C=O) groups is 1. The maximum Gasteiger partial charge on any atom is 0.257 e. The highest BCUT2D eigenvalue weighted by Gasteiger charge is 2.11. The number of pyridine rings is 2. The second-order valence-corrected chi connectivity index (χ2v) is 5.11. The molecule has 6 heteroatoms. The molecule has 0 saturated heterocycles. The molecule has 0 aliphatic carbocycles. The Morgan fingerprint density at radius 1 is 1.05 bits per heavy atom. The van der Waals surface area contributed by atoms with Crippen molar-refractivity contribution in [2.75, 3.05) is 5.32 Å². The van der Waals surface area contributed by atoms with Crippen molar-refractivity contribution >= 4 is 45.7 Å². The molecular formula is C15H9Cl2N3O. The molecular weight excluding hydrogens is 309 g/mol. The quantitative estimate of drug-likeness (QED) is 0.721. The summed E-state index contributed by atoms with van der Waals surface area (Å²) >= 11 is 11.8. The predicted molar refractivity (Wildman–Crippen MR) is 84.0 cm³/mol. The van der Waals surface area contributed by atoms with Gasteiger partial charge in [-0.1, -0.05) is 23.2 Å². The van der Waals surface area contributed by atoms with E-state index in [-0.39, 0.29) is 5.91 Å². The third kappa shape index (κ3) is 2.82. The van der Waals surface area contributed by atoms with Crippen LogP contribution in [0.3, 0.4) is 0 Å². The first kappa shape index (κ1) is 13.8. The summed E-state index contributed by atoms with van der Waals surface area (Å²) in [6, 6.07) is 10.3. The second-order valence-electron chi connectivity index (χ2n) is 4.32. The lowest BCUT2D eigenvalue weighted by Gasteiger charge is -2.09. The third-order valence-electron chi connectivity index (χ3n) is 2.95. The Kier molecular flexibility index (Phi) is 3.73. The van der Waals surface area contributed by atoms with E-state index < -0.39 is 0 Å². The van der Waals surface area contributed by atoms with Gasteiger partial charge in [0.2, 0.25) is 0 Å². The summed E-state index contributed by atoms with van der Waals surface area (Å²) in [7, 11) is 0. The highest BCUT2D eigenvalue weighted by molar-refractivity contribution is 6.36. The minimum Gasteiger partial charge on any atom is -0.320 e. The molecule has 1 amide bonds. The lowest BCUT2D eigenvalue weighted by molar-refractivity contribution is 0.102. The minimum atomic E-state index is -0.284. The number of rotatable bonds is 2. The van der Waals surface area contributed by atoms with Crippen LogP contribution in [0.25, 0.3) is 10.9 Å². The van der Waals surface area contributed by atoms with Gasteiger partial charge in [0, 0.05) is 17.8 Å². The van der Waals surface area contributed by atoms with Gasteiger partial charge in [-0.3, -0.25) is 9.78 Å². The highest BCUT2D eigenvalue weighted by Crippen LogP contribution is 2.28. The Labute approximate surface area is 130 Å². The van der Waals surface area contributed by atoms with Crippen molar-refractivity contribution in [3.63, 3.8) is 0 Å².